The Kier molecular flexibility index (Phi) is 4.80. The van der Waals surface area contributed by atoms with E-state index < -0.39 is 5.97 Å². The molecule has 142 valence electrons. The van der Waals surface area contributed by atoms with Crippen LogP contribution in [0.25, 0.3) is 10.9 Å². The highest BCUT2D eigenvalue weighted by atomic mass is 16.5. The number of hydrogen-bond donors (Lipinski definition) is 2. The van der Waals surface area contributed by atoms with Crippen molar-refractivity contribution in [2.45, 2.75) is 25.4 Å². The fourth-order valence-electron chi connectivity index (χ4n) is 3.23. The van der Waals surface area contributed by atoms with Gasteiger partial charge in [-0.05, 0) is 36.2 Å². The van der Waals surface area contributed by atoms with Gasteiger partial charge in [-0.3, -0.25) is 9.89 Å². The van der Waals surface area contributed by atoms with Crippen LogP contribution in [0.1, 0.15) is 42.2 Å². The van der Waals surface area contributed by atoms with Gasteiger partial charge in [-0.15, -0.1) is 0 Å². The molecule has 2 unspecified atom stereocenters. The molecule has 0 fully saturated rings. The fraction of sp³-hybridized carbons (Fsp3) is 0.190. The molecule has 0 aliphatic carbocycles. The van der Waals surface area contributed by atoms with Gasteiger partial charge in [0.05, 0.1) is 23.8 Å². The molecule has 2 aromatic carbocycles. The van der Waals surface area contributed by atoms with Crippen LogP contribution in [0.15, 0.2) is 65.5 Å². The highest BCUT2D eigenvalue weighted by Crippen LogP contribution is 2.30. The molecular weight excluding hydrogens is 358 g/mol. The maximum Gasteiger partial charge on any atom is 0.304 e. The lowest BCUT2D eigenvalue weighted by Gasteiger charge is -2.17. The van der Waals surface area contributed by atoms with Crippen LogP contribution < -0.4 is 4.74 Å². The van der Waals surface area contributed by atoms with Crippen molar-refractivity contribution in [2.24, 2.45) is 0 Å². The van der Waals surface area contributed by atoms with E-state index >= 15 is 0 Å². The Morgan fingerprint density at radius 3 is 2.68 bits per heavy atom. The fourth-order valence-corrected chi connectivity index (χ4v) is 3.23. The number of benzene rings is 2. The van der Waals surface area contributed by atoms with Crippen LogP contribution >= 0.6 is 0 Å². The summed E-state index contributed by atoms with van der Waals surface area (Å²) in [6, 6.07) is 15.1. The number of aromatic amines is 1. The summed E-state index contributed by atoms with van der Waals surface area (Å²) in [4.78, 5) is 11.2. The zero-order chi connectivity index (χ0) is 19.5. The Balaban J connectivity index is 1.51. The van der Waals surface area contributed by atoms with Gasteiger partial charge in [0.25, 0.3) is 0 Å². The van der Waals surface area contributed by atoms with E-state index in [2.05, 4.69) is 15.4 Å². The van der Waals surface area contributed by atoms with Crippen molar-refractivity contribution >= 4 is 16.9 Å². The number of rotatable bonds is 7. The second kappa shape index (κ2) is 7.56. The number of carboxylic acid groups (broad SMARTS) is 1. The molecule has 0 aliphatic rings. The summed E-state index contributed by atoms with van der Waals surface area (Å²) in [6.07, 6.45) is 3.02. The van der Waals surface area contributed by atoms with E-state index in [9.17, 15) is 9.90 Å². The predicted octanol–water partition coefficient (Wildman–Crippen LogP) is 4.30. The van der Waals surface area contributed by atoms with E-state index in [0.717, 1.165) is 22.0 Å². The van der Waals surface area contributed by atoms with E-state index in [4.69, 9.17) is 9.26 Å². The van der Waals surface area contributed by atoms with Crippen molar-refractivity contribution < 1.29 is 19.2 Å². The van der Waals surface area contributed by atoms with Gasteiger partial charge in [0, 0.05) is 17.4 Å². The van der Waals surface area contributed by atoms with Crippen LogP contribution in [0.5, 0.6) is 5.75 Å². The number of hydrogen-bond acceptors (Lipinski definition) is 5. The van der Waals surface area contributed by atoms with Crippen molar-refractivity contribution in [1.82, 2.24) is 15.4 Å². The number of nitrogens with zero attached hydrogens (tertiary/aromatic N) is 2. The Bertz CT molecular complexity index is 1070. The lowest BCUT2D eigenvalue weighted by molar-refractivity contribution is -0.137. The Morgan fingerprint density at radius 2 is 1.96 bits per heavy atom. The summed E-state index contributed by atoms with van der Waals surface area (Å²) in [7, 11) is 0. The molecule has 0 amide bonds. The van der Waals surface area contributed by atoms with E-state index in [-0.39, 0.29) is 18.4 Å². The molecule has 0 aliphatic heterocycles. The first-order valence-electron chi connectivity index (χ1n) is 8.92. The summed E-state index contributed by atoms with van der Waals surface area (Å²) in [5.41, 5.74) is 3.44. The molecule has 7 heteroatoms. The summed E-state index contributed by atoms with van der Waals surface area (Å²) < 4.78 is 10.9. The molecule has 0 saturated carbocycles. The standard InChI is InChI=1S/C21H19N3O4/c1-13(15-2-3-16-12-22-23-20(16)10-15)28-17-6-4-14(5-7-17)18(11-21(25)26)19-8-9-27-24-19/h2-10,12-13,18H,11H2,1H3,(H,22,23)(H,25,26). The molecule has 2 N–H and O–H groups in total. The molecular formula is C21H19N3O4. The molecule has 0 spiro atoms. The third-order valence-corrected chi connectivity index (χ3v) is 4.72. The van der Waals surface area contributed by atoms with E-state index in [0.29, 0.717) is 11.4 Å². The van der Waals surface area contributed by atoms with E-state index in [1.54, 1.807) is 12.3 Å². The summed E-state index contributed by atoms with van der Waals surface area (Å²) in [6.45, 7) is 1.98. The Hall–Kier alpha value is -3.61. The number of fused-ring (bicyclic) bond motifs is 1. The molecule has 2 aromatic heterocycles. The van der Waals surface area contributed by atoms with Crippen LogP contribution in [0, 0.1) is 0 Å². The van der Waals surface area contributed by atoms with Crippen LogP contribution in [0.2, 0.25) is 0 Å². The molecule has 7 nitrogen and oxygen atoms in total. The number of aliphatic carboxylic acids is 1. The highest BCUT2D eigenvalue weighted by molar-refractivity contribution is 5.78. The minimum Gasteiger partial charge on any atom is -0.486 e. The number of aromatic nitrogens is 3. The van der Waals surface area contributed by atoms with Gasteiger partial charge in [-0.25, -0.2) is 0 Å². The number of H-pyrrole nitrogens is 1. The molecule has 2 atom stereocenters. The van der Waals surface area contributed by atoms with E-state index in [1.165, 1.54) is 6.26 Å². The van der Waals surface area contributed by atoms with Crippen molar-refractivity contribution in [3.05, 3.63) is 77.8 Å². The molecule has 0 bridgehead atoms. The topological polar surface area (TPSA) is 101 Å². The largest absolute Gasteiger partial charge is 0.486 e. The number of carbonyl (C=O) groups is 1. The number of nitrogens with one attached hydrogen (secondary N) is 1. The van der Waals surface area contributed by atoms with Crippen LogP contribution in [-0.4, -0.2) is 26.4 Å². The summed E-state index contributed by atoms with van der Waals surface area (Å²) >= 11 is 0. The average molecular weight is 377 g/mol. The number of carboxylic acids is 1. The van der Waals surface area contributed by atoms with Crippen LogP contribution in [0.4, 0.5) is 0 Å². The van der Waals surface area contributed by atoms with Gasteiger partial charge in [-0.2, -0.15) is 5.10 Å². The first-order chi connectivity index (χ1) is 13.6. The summed E-state index contributed by atoms with van der Waals surface area (Å²) in [5, 5.41) is 21.2. The van der Waals surface area contributed by atoms with Crippen molar-refractivity contribution in [2.75, 3.05) is 0 Å². The van der Waals surface area contributed by atoms with Gasteiger partial charge in [0.2, 0.25) is 0 Å². The zero-order valence-electron chi connectivity index (χ0n) is 15.2. The normalized spacial score (nSPS) is 13.3. The quantitative estimate of drug-likeness (QED) is 0.498. The average Bonchev–Trinajstić information content (AvgIpc) is 3.38. The molecule has 0 radical (unpaired) electrons. The van der Waals surface area contributed by atoms with Gasteiger partial charge in [0.1, 0.15) is 18.1 Å². The van der Waals surface area contributed by atoms with Crippen LogP contribution in [-0.2, 0) is 4.79 Å². The molecule has 2 heterocycles. The van der Waals surface area contributed by atoms with Gasteiger partial charge >= 0.3 is 5.97 Å². The van der Waals surface area contributed by atoms with E-state index in [1.807, 2.05) is 49.4 Å². The maximum atomic E-state index is 11.2. The predicted molar refractivity (Wildman–Crippen MR) is 102 cm³/mol. The summed E-state index contributed by atoms with van der Waals surface area (Å²) in [5.74, 6) is -0.558. The Labute approximate surface area is 160 Å². The van der Waals surface area contributed by atoms with Gasteiger partial charge in [-0.1, -0.05) is 29.4 Å². The third-order valence-electron chi connectivity index (χ3n) is 4.72. The minimum absolute atomic E-state index is 0.0622. The van der Waals surface area contributed by atoms with Crippen molar-refractivity contribution in [3.63, 3.8) is 0 Å². The van der Waals surface area contributed by atoms with Gasteiger partial charge in [0.15, 0.2) is 0 Å². The smallest absolute Gasteiger partial charge is 0.304 e. The second-order valence-corrected chi connectivity index (χ2v) is 6.62. The number of ether oxygens (including phenoxy) is 1. The second-order valence-electron chi connectivity index (χ2n) is 6.62. The van der Waals surface area contributed by atoms with Gasteiger partial charge < -0.3 is 14.4 Å². The first-order valence-corrected chi connectivity index (χ1v) is 8.92. The maximum absolute atomic E-state index is 11.2. The van der Waals surface area contributed by atoms with Crippen molar-refractivity contribution in [3.8, 4) is 5.75 Å². The highest BCUT2D eigenvalue weighted by Gasteiger charge is 2.20. The minimum atomic E-state index is -0.892. The first kappa shape index (κ1) is 17.8. The zero-order valence-corrected chi connectivity index (χ0v) is 15.2. The SMILES string of the molecule is CC(Oc1ccc(C(CC(=O)O)c2ccon2)cc1)c1ccc2cn[nH]c2c1. The lowest BCUT2D eigenvalue weighted by Crippen LogP contribution is -2.08. The van der Waals surface area contributed by atoms with Crippen molar-refractivity contribution in [1.29, 1.82) is 0 Å². The third kappa shape index (κ3) is 3.73. The lowest BCUT2D eigenvalue weighted by atomic mass is 9.92. The monoisotopic (exact) mass is 377 g/mol. The van der Waals surface area contributed by atoms with Crippen LogP contribution in [0.3, 0.4) is 0 Å². The molecule has 28 heavy (non-hydrogen) atoms. The Morgan fingerprint density at radius 1 is 1.18 bits per heavy atom. The molecule has 4 aromatic rings. The molecule has 0 saturated heterocycles. The molecule has 4 rings (SSSR count).